The van der Waals surface area contributed by atoms with Gasteiger partial charge in [-0.2, -0.15) is 0 Å². The van der Waals surface area contributed by atoms with Crippen molar-refractivity contribution in [3.63, 3.8) is 0 Å². The summed E-state index contributed by atoms with van der Waals surface area (Å²) >= 11 is 1.40. The Kier molecular flexibility index (Phi) is 5.92. The molecule has 0 spiro atoms. The highest BCUT2D eigenvalue weighted by atomic mass is 32.2. The van der Waals surface area contributed by atoms with Gasteiger partial charge < -0.3 is 14.4 Å². The third kappa shape index (κ3) is 4.02. The number of aromatic nitrogens is 3. The molecule has 0 aliphatic carbocycles. The molecule has 0 saturated carbocycles. The van der Waals surface area contributed by atoms with Gasteiger partial charge in [-0.15, -0.1) is 10.2 Å². The van der Waals surface area contributed by atoms with E-state index in [1.165, 1.54) is 17.3 Å². The number of rotatable bonds is 6. The largest absolute Gasteiger partial charge is 0.493 e. The average Bonchev–Trinajstić information content (AvgIpc) is 3.29. The number of hydrogen-bond acceptors (Lipinski definition) is 6. The summed E-state index contributed by atoms with van der Waals surface area (Å²) < 4.78 is 13.0. The zero-order valence-corrected chi connectivity index (χ0v) is 19.3. The molecule has 1 aliphatic rings. The normalized spacial score (nSPS) is 15.3. The van der Waals surface area contributed by atoms with Gasteiger partial charge in [-0.1, -0.05) is 48.2 Å². The van der Waals surface area contributed by atoms with Crippen LogP contribution in [0.5, 0.6) is 11.5 Å². The number of fused-ring (bicyclic) bond motifs is 2. The first-order valence-corrected chi connectivity index (χ1v) is 11.7. The van der Waals surface area contributed by atoms with Crippen LogP contribution >= 0.6 is 11.8 Å². The van der Waals surface area contributed by atoms with Crippen LogP contribution in [0.1, 0.15) is 22.7 Å². The van der Waals surface area contributed by atoms with Crippen LogP contribution in [-0.4, -0.2) is 51.9 Å². The molecule has 5 rings (SSSR count). The van der Waals surface area contributed by atoms with Crippen molar-refractivity contribution in [1.82, 2.24) is 19.5 Å². The number of nitrogens with zero attached hydrogens (tertiary/aromatic N) is 4. The zero-order valence-electron chi connectivity index (χ0n) is 18.5. The summed E-state index contributed by atoms with van der Waals surface area (Å²) in [5.74, 6) is 1.71. The minimum Gasteiger partial charge on any atom is -0.493 e. The summed E-state index contributed by atoms with van der Waals surface area (Å²) in [5, 5.41) is 9.13. The topological polar surface area (TPSA) is 69.0 Å². The van der Waals surface area contributed by atoms with E-state index in [1.54, 1.807) is 14.2 Å². The number of carbonyl (C=O) groups excluding carboxylic acids is 1. The Hall–Kier alpha value is -3.52. The third-order valence-corrected chi connectivity index (χ3v) is 6.84. The van der Waals surface area contributed by atoms with E-state index in [-0.39, 0.29) is 17.7 Å². The molecular formula is C25H24N4O3S. The van der Waals surface area contributed by atoms with Crippen LogP contribution in [-0.2, 0) is 11.2 Å². The standard InChI is InChI=1S/C25H24N4O3S/c1-31-20-14-18-11-13-29(23(30)16-33-25-27-26-22-10-6-7-12-28(22)25)24(17-8-4-3-5-9-17)19(18)15-21(20)32-2/h3-10,12,14-15,24H,11,13,16H2,1-2H3/t24-/m0/s1. The van der Waals surface area contributed by atoms with Gasteiger partial charge in [0.25, 0.3) is 0 Å². The SMILES string of the molecule is COc1cc2c(cc1OC)[C@H](c1ccccc1)N(C(=O)CSc1nnc3ccccn13)CC2. The Balaban J connectivity index is 1.46. The van der Waals surface area contributed by atoms with Gasteiger partial charge in [0.1, 0.15) is 0 Å². The molecule has 2 aromatic carbocycles. The lowest BCUT2D eigenvalue weighted by Gasteiger charge is -2.38. The molecule has 1 atom stereocenters. The van der Waals surface area contributed by atoms with E-state index in [2.05, 4.69) is 22.3 Å². The van der Waals surface area contributed by atoms with E-state index in [1.807, 2.05) is 64.0 Å². The molecule has 4 aromatic rings. The second kappa shape index (κ2) is 9.15. The molecule has 8 heteroatoms. The van der Waals surface area contributed by atoms with Gasteiger partial charge in [-0.3, -0.25) is 9.20 Å². The Labute approximate surface area is 196 Å². The number of methoxy groups -OCH3 is 2. The predicted octanol–water partition coefficient (Wildman–Crippen LogP) is 4.01. The first kappa shape index (κ1) is 21.3. The Morgan fingerprint density at radius 3 is 2.58 bits per heavy atom. The molecule has 1 aliphatic heterocycles. The number of hydrogen-bond donors (Lipinski definition) is 0. The van der Waals surface area contributed by atoms with Crippen LogP contribution in [0.2, 0.25) is 0 Å². The molecule has 0 radical (unpaired) electrons. The van der Waals surface area contributed by atoms with Crippen molar-refractivity contribution < 1.29 is 14.3 Å². The van der Waals surface area contributed by atoms with Crippen molar-refractivity contribution in [2.24, 2.45) is 0 Å². The molecule has 7 nitrogen and oxygen atoms in total. The second-order valence-electron chi connectivity index (χ2n) is 7.76. The van der Waals surface area contributed by atoms with Crippen molar-refractivity contribution in [3.8, 4) is 11.5 Å². The fourth-order valence-corrected chi connectivity index (χ4v) is 5.15. The number of thioether (sulfide) groups is 1. The van der Waals surface area contributed by atoms with Gasteiger partial charge in [0.05, 0.1) is 26.0 Å². The molecule has 0 fully saturated rings. The van der Waals surface area contributed by atoms with Crippen LogP contribution in [0, 0.1) is 0 Å². The van der Waals surface area contributed by atoms with Gasteiger partial charge in [-0.25, -0.2) is 0 Å². The second-order valence-corrected chi connectivity index (χ2v) is 8.70. The number of amides is 1. The molecule has 0 unspecified atom stereocenters. The lowest BCUT2D eigenvalue weighted by molar-refractivity contribution is -0.130. The van der Waals surface area contributed by atoms with Crippen LogP contribution in [0.15, 0.2) is 72.0 Å². The quantitative estimate of drug-likeness (QED) is 0.405. The maximum absolute atomic E-state index is 13.5. The summed E-state index contributed by atoms with van der Waals surface area (Å²) in [5.41, 5.74) is 4.07. The fraction of sp³-hybridized carbons (Fsp3) is 0.240. The van der Waals surface area contributed by atoms with E-state index in [0.29, 0.717) is 23.2 Å². The van der Waals surface area contributed by atoms with E-state index < -0.39 is 0 Å². The molecule has 2 aromatic heterocycles. The molecule has 33 heavy (non-hydrogen) atoms. The molecule has 0 saturated heterocycles. The maximum Gasteiger partial charge on any atom is 0.233 e. The smallest absolute Gasteiger partial charge is 0.233 e. The molecular weight excluding hydrogens is 436 g/mol. The molecule has 168 valence electrons. The van der Waals surface area contributed by atoms with Crippen molar-refractivity contribution in [1.29, 1.82) is 0 Å². The highest BCUT2D eigenvalue weighted by molar-refractivity contribution is 7.99. The highest BCUT2D eigenvalue weighted by Crippen LogP contribution is 2.41. The monoisotopic (exact) mass is 460 g/mol. The average molecular weight is 461 g/mol. The van der Waals surface area contributed by atoms with E-state index in [9.17, 15) is 4.79 Å². The van der Waals surface area contributed by atoms with E-state index in [4.69, 9.17) is 9.47 Å². The van der Waals surface area contributed by atoms with Crippen molar-refractivity contribution in [2.75, 3.05) is 26.5 Å². The molecule has 0 bridgehead atoms. The number of benzene rings is 2. The minimum atomic E-state index is -0.196. The number of pyridine rings is 1. The van der Waals surface area contributed by atoms with Crippen LogP contribution < -0.4 is 9.47 Å². The van der Waals surface area contributed by atoms with Gasteiger partial charge in [0.15, 0.2) is 22.3 Å². The van der Waals surface area contributed by atoms with Gasteiger partial charge in [0, 0.05) is 12.7 Å². The van der Waals surface area contributed by atoms with E-state index in [0.717, 1.165) is 23.2 Å². The Bertz CT molecular complexity index is 1290. The highest BCUT2D eigenvalue weighted by Gasteiger charge is 2.33. The van der Waals surface area contributed by atoms with Crippen LogP contribution in [0.25, 0.3) is 5.65 Å². The first-order chi connectivity index (χ1) is 16.2. The third-order valence-electron chi connectivity index (χ3n) is 5.92. The van der Waals surface area contributed by atoms with Crippen molar-refractivity contribution in [2.45, 2.75) is 17.6 Å². The molecule has 3 heterocycles. The lowest BCUT2D eigenvalue weighted by atomic mass is 9.87. The minimum absolute atomic E-state index is 0.0574. The zero-order chi connectivity index (χ0) is 22.8. The summed E-state index contributed by atoms with van der Waals surface area (Å²) in [6.07, 6.45) is 2.66. The fourth-order valence-electron chi connectivity index (χ4n) is 4.34. The van der Waals surface area contributed by atoms with Crippen molar-refractivity contribution in [3.05, 3.63) is 83.6 Å². The summed E-state index contributed by atoms with van der Waals surface area (Å²) in [4.78, 5) is 15.5. The maximum atomic E-state index is 13.5. The van der Waals surface area contributed by atoms with E-state index >= 15 is 0 Å². The molecule has 0 N–H and O–H groups in total. The number of ether oxygens (including phenoxy) is 2. The van der Waals surface area contributed by atoms with Gasteiger partial charge >= 0.3 is 0 Å². The van der Waals surface area contributed by atoms with Crippen LogP contribution in [0.4, 0.5) is 0 Å². The van der Waals surface area contributed by atoms with Gasteiger partial charge in [-0.05, 0) is 47.4 Å². The summed E-state index contributed by atoms with van der Waals surface area (Å²) in [6, 6.07) is 19.7. The Morgan fingerprint density at radius 2 is 1.79 bits per heavy atom. The summed E-state index contributed by atoms with van der Waals surface area (Å²) in [6.45, 7) is 0.627. The predicted molar refractivity (Wildman–Crippen MR) is 127 cm³/mol. The van der Waals surface area contributed by atoms with Gasteiger partial charge in [0.2, 0.25) is 5.91 Å². The van der Waals surface area contributed by atoms with Crippen LogP contribution in [0.3, 0.4) is 0 Å². The number of carbonyl (C=O) groups is 1. The molecule has 1 amide bonds. The summed E-state index contributed by atoms with van der Waals surface area (Å²) in [7, 11) is 3.27. The first-order valence-electron chi connectivity index (χ1n) is 10.7. The van der Waals surface area contributed by atoms with Crippen molar-refractivity contribution >= 4 is 23.3 Å². The Morgan fingerprint density at radius 1 is 1.03 bits per heavy atom. The lowest BCUT2D eigenvalue weighted by Crippen LogP contribution is -2.41.